The molecule has 0 spiro atoms. The first kappa shape index (κ1) is 36.0. The number of hydrogen-bond donors (Lipinski definition) is 1. The summed E-state index contributed by atoms with van der Waals surface area (Å²) in [5.74, 6) is -1.82. The largest absolute Gasteiger partial charge is 0.342 e. The molecule has 0 fully saturated rings. The van der Waals surface area contributed by atoms with Gasteiger partial charge in [-0.3, -0.25) is 19.2 Å². The van der Waals surface area contributed by atoms with Crippen molar-refractivity contribution < 1.29 is 19.2 Å². The maximum atomic E-state index is 14.6. The van der Waals surface area contributed by atoms with Gasteiger partial charge in [0.1, 0.15) is 12.1 Å². The number of halogens is 1. The number of carbonyl (C=O) groups excluding carboxylic acids is 4. The normalized spacial score (nSPS) is 14.4. The molecule has 2 atom stereocenters. The first-order valence-corrected chi connectivity index (χ1v) is 16.2. The minimum atomic E-state index is -1.15. The third kappa shape index (κ3) is 6.93. The Kier molecular flexibility index (Phi) is 10.6. The lowest BCUT2D eigenvalue weighted by atomic mass is 10.1. The summed E-state index contributed by atoms with van der Waals surface area (Å²) in [6, 6.07) is 28.7. The van der Waals surface area contributed by atoms with Crippen molar-refractivity contribution in [3.8, 4) is 17.8 Å². The van der Waals surface area contributed by atoms with E-state index in [0.717, 1.165) is 10.9 Å². The number of ketones is 1. The molecule has 6 rings (SSSR count). The Morgan fingerprint density at radius 1 is 0.902 bits per heavy atom. The Balaban J connectivity index is 0.00000504. The fraction of sp³-hybridized carbons (Fsp3) is 0.205. The average Bonchev–Trinajstić information content (AvgIpc) is 3.47. The molecule has 12 heteroatoms. The van der Waals surface area contributed by atoms with Crippen LogP contribution in [0.1, 0.15) is 64.7 Å². The van der Waals surface area contributed by atoms with E-state index in [1.165, 1.54) is 16.7 Å². The molecule has 1 N–H and O–H groups in total. The van der Waals surface area contributed by atoms with Gasteiger partial charge in [-0.25, -0.2) is 4.68 Å². The monoisotopic (exact) mass is 699 g/mol. The van der Waals surface area contributed by atoms with Crippen molar-refractivity contribution in [2.24, 2.45) is 5.92 Å². The Labute approximate surface area is 301 Å². The zero-order chi connectivity index (χ0) is 35.5. The van der Waals surface area contributed by atoms with Crippen molar-refractivity contribution in [1.29, 1.82) is 10.5 Å². The van der Waals surface area contributed by atoms with Crippen LogP contribution in [-0.2, 0) is 16.1 Å². The smallest absolute Gasteiger partial charge is 0.258 e. The number of amides is 3. The molecule has 1 aliphatic heterocycles. The molecule has 0 unspecified atom stereocenters. The van der Waals surface area contributed by atoms with Crippen molar-refractivity contribution in [3.05, 3.63) is 119 Å². The topological polar surface area (TPSA) is 152 Å². The highest BCUT2D eigenvalue weighted by Crippen LogP contribution is 2.37. The Morgan fingerprint density at radius 3 is 2.27 bits per heavy atom. The van der Waals surface area contributed by atoms with Gasteiger partial charge in [-0.2, -0.15) is 15.6 Å². The number of anilines is 2. The molecule has 0 saturated heterocycles. The molecule has 11 nitrogen and oxygen atoms in total. The van der Waals surface area contributed by atoms with E-state index < -0.39 is 23.8 Å². The van der Waals surface area contributed by atoms with Crippen molar-refractivity contribution in [2.75, 3.05) is 16.3 Å². The van der Waals surface area contributed by atoms with Gasteiger partial charge in [0.25, 0.3) is 11.8 Å². The fourth-order valence-corrected chi connectivity index (χ4v) is 6.00. The van der Waals surface area contributed by atoms with Crippen molar-refractivity contribution in [3.63, 3.8) is 0 Å². The van der Waals surface area contributed by atoms with Crippen molar-refractivity contribution >= 4 is 58.2 Å². The minimum Gasteiger partial charge on any atom is -0.342 e. The lowest BCUT2D eigenvalue weighted by molar-refractivity contribution is -0.129. The molecule has 51 heavy (non-hydrogen) atoms. The van der Waals surface area contributed by atoms with Gasteiger partial charge in [0.2, 0.25) is 5.91 Å². The van der Waals surface area contributed by atoms with Gasteiger partial charge >= 0.3 is 0 Å². The molecule has 0 radical (unpaired) electrons. The van der Waals surface area contributed by atoms with Gasteiger partial charge in [0.15, 0.2) is 5.78 Å². The molecule has 0 saturated carbocycles. The van der Waals surface area contributed by atoms with Crippen LogP contribution in [0.25, 0.3) is 16.6 Å². The number of fused-ring (bicyclic) bond motifs is 2. The van der Waals surface area contributed by atoms with E-state index in [1.54, 1.807) is 72.3 Å². The van der Waals surface area contributed by atoms with Crippen molar-refractivity contribution in [2.45, 2.75) is 39.8 Å². The summed E-state index contributed by atoms with van der Waals surface area (Å²) >= 11 is 0. The number of nitrogens with one attached hydrogen (secondary N) is 1. The van der Waals surface area contributed by atoms with Crippen LogP contribution >= 0.6 is 12.4 Å². The third-order valence-corrected chi connectivity index (χ3v) is 9.00. The maximum Gasteiger partial charge on any atom is 0.258 e. The number of para-hydroxylation sites is 2. The molecule has 4 aromatic carbocycles. The number of nitrogens with zero attached hydrogens (tertiary/aromatic N) is 6. The Bertz CT molecular complexity index is 2250. The summed E-state index contributed by atoms with van der Waals surface area (Å²) in [4.78, 5) is 57.0. The Hall–Kier alpha value is -6.30. The number of benzene rings is 4. The summed E-state index contributed by atoms with van der Waals surface area (Å²) in [5, 5.41) is 28.2. The van der Waals surface area contributed by atoms with E-state index >= 15 is 0 Å². The number of aromatic nitrogens is 2. The van der Waals surface area contributed by atoms with E-state index in [0.29, 0.717) is 40.3 Å². The number of carbonyl (C=O) groups is 4. The molecular weight excluding hydrogens is 666 g/mol. The van der Waals surface area contributed by atoms with E-state index in [9.17, 15) is 29.7 Å². The predicted molar refractivity (Wildman–Crippen MR) is 195 cm³/mol. The number of rotatable bonds is 8. The summed E-state index contributed by atoms with van der Waals surface area (Å²) in [6.45, 7) is 4.81. The zero-order valence-corrected chi connectivity index (χ0v) is 29.0. The summed E-state index contributed by atoms with van der Waals surface area (Å²) in [6.07, 6.45) is 0.543. The van der Waals surface area contributed by atoms with Crippen LogP contribution in [0, 0.1) is 28.6 Å². The third-order valence-electron chi connectivity index (χ3n) is 9.00. The van der Waals surface area contributed by atoms with Crippen LogP contribution in [0.5, 0.6) is 0 Å². The van der Waals surface area contributed by atoms with Crippen molar-refractivity contribution in [1.82, 2.24) is 15.1 Å². The van der Waals surface area contributed by atoms with E-state index in [-0.39, 0.29) is 48.3 Å². The fourth-order valence-electron chi connectivity index (χ4n) is 6.00. The first-order valence-electron chi connectivity index (χ1n) is 16.2. The first-order chi connectivity index (χ1) is 24.1. The highest BCUT2D eigenvalue weighted by molar-refractivity contribution is 6.13. The second-order valence-electron chi connectivity index (χ2n) is 12.2. The number of Topliss-reactive ketones (excluding diaryl/α,β-unsaturated/α-hetero) is 1. The zero-order valence-electron chi connectivity index (χ0n) is 28.2. The molecule has 256 valence electrons. The summed E-state index contributed by atoms with van der Waals surface area (Å²) in [5.41, 5.74) is 3.85. The second-order valence-corrected chi connectivity index (χ2v) is 12.2. The van der Waals surface area contributed by atoms with Crippen LogP contribution in [0.15, 0.2) is 91.0 Å². The molecule has 0 aliphatic carbocycles. The highest BCUT2D eigenvalue weighted by atomic mass is 35.5. The molecule has 0 bridgehead atoms. The lowest BCUT2D eigenvalue weighted by Gasteiger charge is -2.26. The van der Waals surface area contributed by atoms with Gasteiger partial charge in [0.05, 0.1) is 58.6 Å². The van der Waals surface area contributed by atoms with E-state index in [4.69, 9.17) is 5.10 Å². The molecule has 2 heterocycles. The van der Waals surface area contributed by atoms with Crippen LogP contribution < -0.4 is 15.1 Å². The van der Waals surface area contributed by atoms with E-state index in [1.807, 2.05) is 37.3 Å². The molecule has 1 aliphatic rings. The van der Waals surface area contributed by atoms with Crippen LogP contribution in [0.2, 0.25) is 0 Å². The van der Waals surface area contributed by atoms with Gasteiger partial charge in [-0.05, 0) is 61.9 Å². The second kappa shape index (κ2) is 15.1. The Morgan fingerprint density at radius 2 is 1.59 bits per heavy atom. The van der Waals surface area contributed by atoms with Crippen LogP contribution in [0.3, 0.4) is 0 Å². The number of nitriles is 2. The maximum absolute atomic E-state index is 14.6. The summed E-state index contributed by atoms with van der Waals surface area (Å²) in [7, 11) is 0. The van der Waals surface area contributed by atoms with Gasteiger partial charge < -0.3 is 15.1 Å². The van der Waals surface area contributed by atoms with Gasteiger partial charge in [0, 0.05) is 22.4 Å². The van der Waals surface area contributed by atoms with Gasteiger partial charge in [-0.1, -0.05) is 56.3 Å². The molecule has 1 aromatic heterocycles. The summed E-state index contributed by atoms with van der Waals surface area (Å²) < 4.78 is 1.67. The van der Waals surface area contributed by atoms with Crippen LogP contribution in [0.4, 0.5) is 11.4 Å². The predicted octanol–water partition coefficient (Wildman–Crippen LogP) is 6.12. The van der Waals surface area contributed by atoms with E-state index in [2.05, 4.69) is 17.5 Å². The molecule has 3 amide bonds. The minimum absolute atomic E-state index is 0. The standard InChI is InChI=1S/C39H33N7O4.ClH/c1-4-24(2)37(48)42-32-23-45(38(49)28-16-14-27(15-17-28)25(3)47)36-19-26(20-40)13-18-35(36)44(39(32)50)22-31-30-10-6-8-12-34(30)46(43-31)33-11-7-5-9-29(33)21-41;/h5-19,24,32H,4,22-23H2,1-3H3,(H,42,48);1H/t24-,32+;/m1./s1. The average molecular weight is 700 g/mol. The quantitative estimate of drug-likeness (QED) is 0.192. The molecular formula is C39H34ClN7O4. The highest BCUT2D eigenvalue weighted by Gasteiger charge is 2.38. The van der Waals surface area contributed by atoms with Crippen LogP contribution in [-0.4, -0.2) is 45.9 Å². The SMILES string of the molecule is CC[C@@H](C)C(=O)N[C@H]1CN(C(=O)c2ccc(C(C)=O)cc2)c2cc(C#N)ccc2N(Cc2nn(-c3ccccc3C#N)c3ccccc23)C1=O.Cl. The lowest BCUT2D eigenvalue weighted by Crippen LogP contribution is -2.53. The molecule has 5 aromatic rings. The van der Waals surface area contributed by atoms with Gasteiger partial charge in [-0.15, -0.1) is 12.4 Å². The number of hydrogen-bond acceptors (Lipinski definition) is 7.